The van der Waals surface area contributed by atoms with E-state index in [0.717, 1.165) is 6.61 Å². The van der Waals surface area contributed by atoms with Crippen LogP contribution in [0.2, 0.25) is 6.04 Å². The van der Waals surface area contributed by atoms with Crippen molar-refractivity contribution in [2.45, 2.75) is 57.9 Å². The summed E-state index contributed by atoms with van der Waals surface area (Å²) in [4.78, 5) is 0. The Labute approximate surface area is 132 Å². The molecule has 0 aromatic heterocycles. The molecule has 1 unspecified atom stereocenters. The van der Waals surface area contributed by atoms with E-state index in [0.29, 0.717) is 6.61 Å². The summed E-state index contributed by atoms with van der Waals surface area (Å²) in [5.41, 5.74) is 0. The summed E-state index contributed by atoms with van der Waals surface area (Å²) < 4.78 is 11.2. The number of methoxy groups -OCH3 is 1. The minimum Gasteiger partial charge on any atom is -0.413 e. The number of unbranched alkanes of at least 4 members (excludes halogenated alkanes) is 6. The third kappa shape index (κ3) is 9.07. The van der Waals surface area contributed by atoms with Crippen LogP contribution in [0.1, 0.15) is 51.9 Å². The van der Waals surface area contributed by atoms with Crippen LogP contribution in [0, 0.1) is 0 Å². The maximum absolute atomic E-state index is 6.13. The smallest absolute Gasteiger partial charge is 0.208 e. The molecule has 3 heteroatoms. The van der Waals surface area contributed by atoms with Crippen LogP contribution in [0.5, 0.6) is 0 Å². The van der Waals surface area contributed by atoms with E-state index in [9.17, 15) is 0 Å². The van der Waals surface area contributed by atoms with E-state index in [2.05, 4.69) is 37.3 Å². The monoisotopic (exact) mass is 308 g/mol. The van der Waals surface area contributed by atoms with Crippen molar-refractivity contribution in [3.8, 4) is 0 Å². The Morgan fingerprint density at radius 3 is 2.19 bits per heavy atom. The summed E-state index contributed by atoms with van der Waals surface area (Å²) in [6.07, 6.45) is 9.57. The lowest BCUT2D eigenvalue weighted by molar-refractivity contribution is 0.146. The van der Waals surface area contributed by atoms with Crippen LogP contribution in [0.4, 0.5) is 0 Å². The molecule has 1 atom stereocenters. The molecule has 2 nitrogen and oxygen atoms in total. The van der Waals surface area contributed by atoms with Crippen LogP contribution in [0.25, 0.3) is 0 Å². The highest BCUT2D eigenvalue weighted by Gasteiger charge is 2.14. The molecular weight excluding hydrogens is 276 g/mol. The van der Waals surface area contributed by atoms with Crippen molar-refractivity contribution in [3.05, 3.63) is 30.3 Å². The summed E-state index contributed by atoms with van der Waals surface area (Å²) in [6, 6.07) is 12.0. The largest absolute Gasteiger partial charge is 0.413 e. The molecule has 0 saturated carbocycles. The van der Waals surface area contributed by atoms with Gasteiger partial charge in [0, 0.05) is 7.11 Å². The molecule has 120 valence electrons. The van der Waals surface area contributed by atoms with Crippen LogP contribution < -0.4 is 5.19 Å². The van der Waals surface area contributed by atoms with E-state index in [1.807, 2.05) is 0 Å². The molecule has 0 aliphatic carbocycles. The fraction of sp³-hybridized carbons (Fsp3) is 0.667. The summed E-state index contributed by atoms with van der Waals surface area (Å²) in [5.74, 6) is 0. The lowest BCUT2D eigenvalue weighted by atomic mass is 10.1. The fourth-order valence-corrected chi connectivity index (χ4v) is 4.96. The molecule has 0 radical (unpaired) electrons. The third-order valence-electron chi connectivity index (χ3n) is 3.85. The molecule has 0 saturated heterocycles. The summed E-state index contributed by atoms with van der Waals surface area (Å²) in [7, 11) is 0.466. The van der Waals surface area contributed by atoms with Gasteiger partial charge in [-0.25, -0.2) is 0 Å². The van der Waals surface area contributed by atoms with Crippen LogP contribution in [-0.2, 0) is 9.16 Å². The van der Waals surface area contributed by atoms with Crippen molar-refractivity contribution in [2.75, 3.05) is 20.3 Å². The maximum Gasteiger partial charge on any atom is 0.208 e. The van der Waals surface area contributed by atoms with Crippen molar-refractivity contribution >= 4 is 14.2 Å². The first-order valence-corrected chi connectivity index (χ1v) is 10.4. The maximum atomic E-state index is 6.13. The number of hydrogen-bond donors (Lipinski definition) is 0. The van der Waals surface area contributed by atoms with E-state index in [-0.39, 0.29) is 0 Å². The average Bonchev–Trinajstić information content (AvgIpc) is 2.53. The molecule has 0 N–H and O–H groups in total. The molecule has 1 aromatic rings. The zero-order valence-electron chi connectivity index (χ0n) is 13.9. The van der Waals surface area contributed by atoms with E-state index >= 15 is 0 Å². The molecule has 0 heterocycles. The van der Waals surface area contributed by atoms with Gasteiger partial charge in [-0.05, 0) is 11.2 Å². The van der Waals surface area contributed by atoms with E-state index in [4.69, 9.17) is 9.16 Å². The Balaban J connectivity index is 2.26. The highest BCUT2D eigenvalue weighted by atomic mass is 28.3. The molecule has 1 rings (SSSR count). The van der Waals surface area contributed by atoms with Gasteiger partial charge in [-0.3, -0.25) is 0 Å². The molecule has 0 amide bonds. The van der Waals surface area contributed by atoms with Gasteiger partial charge in [0.1, 0.15) is 0 Å². The van der Waals surface area contributed by atoms with E-state index in [1.165, 1.54) is 56.2 Å². The van der Waals surface area contributed by atoms with Gasteiger partial charge in [-0.2, -0.15) is 0 Å². The Morgan fingerprint density at radius 1 is 0.857 bits per heavy atom. The van der Waals surface area contributed by atoms with Crippen molar-refractivity contribution < 1.29 is 9.16 Å². The van der Waals surface area contributed by atoms with Gasteiger partial charge >= 0.3 is 0 Å². The van der Waals surface area contributed by atoms with Gasteiger partial charge in [-0.1, -0.05) is 82.2 Å². The van der Waals surface area contributed by atoms with Crippen LogP contribution in [0.3, 0.4) is 0 Å². The highest BCUT2D eigenvalue weighted by Crippen LogP contribution is 2.11. The second kappa shape index (κ2) is 13.1. The summed E-state index contributed by atoms with van der Waals surface area (Å²) in [6.45, 7) is 3.71. The first-order valence-electron chi connectivity index (χ1n) is 8.54. The molecule has 0 fully saturated rings. The number of rotatable bonds is 13. The topological polar surface area (TPSA) is 18.5 Å². The lowest BCUT2D eigenvalue weighted by Gasteiger charge is -2.16. The van der Waals surface area contributed by atoms with E-state index < -0.39 is 9.04 Å². The molecule has 0 bridgehead atoms. The van der Waals surface area contributed by atoms with Crippen molar-refractivity contribution in [2.24, 2.45) is 0 Å². The van der Waals surface area contributed by atoms with Gasteiger partial charge < -0.3 is 9.16 Å². The number of ether oxygens (including phenoxy) is 1. The summed E-state index contributed by atoms with van der Waals surface area (Å²) in [5, 5.41) is 1.43. The van der Waals surface area contributed by atoms with Crippen LogP contribution >= 0.6 is 0 Å². The van der Waals surface area contributed by atoms with Gasteiger partial charge in [-0.15, -0.1) is 0 Å². The Hall–Kier alpha value is -0.643. The van der Waals surface area contributed by atoms with Crippen LogP contribution in [-0.4, -0.2) is 29.4 Å². The first kappa shape index (κ1) is 18.4. The summed E-state index contributed by atoms with van der Waals surface area (Å²) >= 11 is 0. The molecule has 0 spiro atoms. The second-order valence-electron chi connectivity index (χ2n) is 5.67. The number of benzene rings is 1. The molecule has 0 aliphatic heterocycles. The minimum absolute atomic E-state index is 0.702. The van der Waals surface area contributed by atoms with Gasteiger partial charge in [0.15, 0.2) is 0 Å². The fourth-order valence-electron chi connectivity index (χ4n) is 2.57. The predicted octanol–water partition coefficient (Wildman–Crippen LogP) is 4.03. The van der Waals surface area contributed by atoms with Crippen molar-refractivity contribution in [3.63, 3.8) is 0 Å². The van der Waals surface area contributed by atoms with Crippen molar-refractivity contribution in [1.29, 1.82) is 0 Å². The standard InChI is InChI=1S/C18H32O2Si/c1-3-4-5-6-7-8-12-17-21(20-16-15-19-2)18-13-10-9-11-14-18/h9-11,13-14,21H,3-8,12,15-17H2,1-2H3. The Kier molecular flexibility index (Phi) is 11.4. The molecule has 1 aromatic carbocycles. The predicted molar refractivity (Wildman–Crippen MR) is 93.9 cm³/mol. The van der Waals surface area contributed by atoms with Crippen LogP contribution in [0.15, 0.2) is 30.3 Å². The average molecular weight is 309 g/mol. The molecule has 21 heavy (non-hydrogen) atoms. The first-order chi connectivity index (χ1) is 10.4. The van der Waals surface area contributed by atoms with Gasteiger partial charge in [0.2, 0.25) is 9.04 Å². The minimum atomic E-state index is -1.27. The quantitative estimate of drug-likeness (QED) is 0.404. The van der Waals surface area contributed by atoms with Gasteiger partial charge in [0.25, 0.3) is 0 Å². The molecular formula is C18H32O2Si. The zero-order valence-corrected chi connectivity index (χ0v) is 15.0. The second-order valence-corrected chi connectivity index (χ2v) is 8.23. The Morgan fingerprint density at radius 2 is 1.52 bits per heavy atom. The zero-order chi connectivity index (χ0) is 15.2. The number of hydrogen-bond acceptors (Lipinski definition) is 2. The SMILES string of the molecule is CCCCCCCCC[SiH](OCCOC)c1ccccc1. The Bertz CT molecular complexity index is 329. The normalized spacial score (nSPS) is 12.5. The third-order valence-corrected chi connectivity index (χ3v) is 6.55. The van der Waals surface area contributed by atoms with E-state index in [1.54, 1.807) is 7.11 Å². The lowest BCUT2D eigenvalue weighted by Crippen LogP contribution is -2.34. The highest BCUT2D eigenvalue weighted by molar-refractivity contribution is 6.67. The van der Waals surface area contributed by atoms with Gasteiger partial charge in [0.05, 0.1) is 13.2 Å². The van der Waals surface area contributed by atoms with Crippen molar-refractivity contribution in [1.82, 2.24) is 0 Å². The molecule has 0 aliphatic rings.